The number of benzene rings is 3. The highest BCUT2D eigenvalue weighted by atomic mass is 32.2. The van der Waals surface area contributed by atoms with Gasteiger partial charge in [-0.25, -0.2) is 12.8 Å². The number of methoxy groups -OCH3 is 1. The number of nitrogens with zero attached hydrogens (tertiary/aromatic N) is 2. The summed E-state index contributed by atoms with van der Waals surface area (Å²) >= 11 is 0. The summed E-state index contributed by atoms with van der Waals surface area (Å²) in [6.45, 7) is 5.25. The lowest BCUT2D eigenvalue weighted by atomic mass is 10.1. The number of anilines is 1. The molecule has 1 atom stereocenters. The first-order valence-electron chi connectivity index (χ1n) is 13.2. The molecule has 10 heteroatoms. The zero-order valence-corrected chi connectivity index (χ0v) is 24.1. The van der Waals surface area contributed by atoms with Crippen molar-refractivity contribution in [2.24, 2.45) is 0 Å². The first-order valence-corrected chi connectivity index (χ1v) is 14.6. The Bertz CT molecular complexity index is 1410. The molecule has 8 nitrogen and oxygen atoms in total. The molecule has 3 aromatic rings. The zero-order valence-electron chi connectivity index (χ0n) is 23.3. The summed E-state index contributed by atoms with van der Waals surface area (Å²) in [7, 11) is -2.82. The summed E-state index contributed by atoms with van der Waals surface area (Å²) in [6, 6.07) is 17.7. The van der Waals surface area contributed by atoms with Crippen LogP contribution < -0.4 is 14.4 Å². The summed E-state index contributed by atoms with van der Waals surface area (Å²) in [4.78, 5) is 28.4. The van der Waals surface area contributed by atoms with Gasteiger partial charge >= 0.3 is 0 Å². The zero-order chi connectivity index (χ0) is 29.3. The van der Waals surface area contributed by atoms with Crippen LogP contribution in [0.2, 0.25) is 0 Å². The van der Waals surface area contributed by atoms with Gasteiger partial charge in [0.1, 0.15) is 24.2 Å². The number of ether oxygens (including phenoxy) is 1. The molecule has 0 radical (unpaired) electrons. The lowest BCUT2D eigenvalue weighted by molar-refractivity contribution is -0.140. The van der Waals surface area contributed by atoms with Crippen LogP contribution in [0.3, 0.4) is 0 Å². The Balaban J connectivity index is 2.07. The number of nitrogens with one attached hydrogen (secondary N) is 1. The maximum Gasteiger partial charge on any atom is 0.264 e. The third kappa shape index (κ3) is 7.38. The number of sulfonamides is 1. The highest BCUT2D eigenvalue weighted by Gasteiger charge is 2.34. The van der Waals surface area contributed by atoms with E-state index in [-0.39, 0.29) is 29.5 Å². The Hall–Kier alpha value is -3.92. The number of carbonyl (C=O) groups excluding carboxylic acids is 2. The number of aryl methyl sites for hydroxylation is 1. The van der Waals surface area contributed by atoms with E-state index in [1.807, 2.05) is 13.8 Å². The molecule has 1 N–H and O–H groups in total. The third-order valence-electron chi connectivity index (χ3n) is 6.43. The van der Waals surface area contributed by atoms with Crippen LogP contribution >= 0.6 is 0 Å². The SMILES string of the molecule is CCCNC(=O)[C@@H](CC)N(Cc1cccc(OC)c1)C(=O)CN(c1ccccc1F)S(=O)(=O)c1ccc(C)cc1. The Morgan fingerprint density at radius 3 is 2.33 bits per heavy atom. The predicted octanol–water partition coefficient (Wildman–Crippen LogP) is 4.67. The van der Waals surface area contributed by atoms with Crippen molar-refractivity contribution in [1.82, 2.24) is 10.2 Å². The van der Waals surface area contributed by atoms with Crippen LogP contribution in [0.25, 0.3) is 0 Å². The van der Waals surface area contributed by atoms with E-state index in [1.54, 1.807) is 43.3 Å². The number of para-hydroxylation sites is 1. The first-order chi connectivity index (χ1) is 19.1. The van der Waals surface area contributed by atoms with Gasteiger partial charge in [-0.15, -0.1) is 0 Å². The molecular formula is C30H36FN3O5S. The van der Waals surface area contributed by atoms with Crippen LogP contribution in [-0.2, 0) is 26.2 Å². The number of amides is 2. The van der Waals surface area contributed by atoms with Gasteiger partial charge < -0.3 is 15.0 Å². The molecule has 0 fully saturated rings. The van der Waals surface area contributed by atoms with Crippen molar-refractivity contribution >= 4 is 27.5 Å². The molecular weight excluding hydrogens is 533 g/mol. The molecule has 0 unspecified atom stereocenters. The van der Waals surface area contributed by atoms with Gasteiger partial charge in [-0.05, 0) is 61.7 Å². The minimum Gasteiger partial charge on any atom is -0.497 e. The summed E-state index contributed by atoms with van der Waals surface area (Å²) in [5, 5.41) is 2.83. The first kappa shape index (κ1) is 30.6. The number of carbonyl (C=O) groups is 2. The van der Waals surface area contributed by atoms with E-state index in [0.29, 0.717) is 24.3 Å². The molecule has 0 aromatic heterocycles. The van der Waals surface area contributed by atoms with Crippen molar-refractivity contribution < 1.29 is 27.1 Å². The van der Waals surface area contributed by atoms with Gasteiger partial charge in [0.2, 0.25) is 11.8 Å². The quantitative estimate of drug-likeness (QED) is 0.323. The molecule has 0 aliphatic carbocycles. The monoisotopic (exact) mass is 569 g/mol. The molecule has 40 heavy (non-hydrogen) atoms. The fourth-order valence-electron chi connectivity index (χ4n) is 4.26. The molecule has 0 heterocycles. The molecule has 3 aromatic carbocycles. The molecule has 0 saturated heterocycles. The smallest absolute Gasteiger partial charge is 0.264 e. The highest BCUT2D eigenvalue weighted by Crippen LogP contribution is 2.27. The van der Waals surface area contributed by atoms with Gasteiger partial charge in [-0.1, -0.05) is 55.8 Å². The maximum atomic E-state index is 15.0. The Labute approximate surface area is 235 Å². The van der Waals surface area contributed by atoms with E-state index in [1.165, 1.54) is 42.3 Å². The lowest BCUT2D eigenvalue weighted by Crippen LogP contribution is -2.52. The molecule has 0 spiro atoms. The number of hydrogen-bond donors (Lipinski definition) is 1. The van der Waals surface area contributed by atoms with E-state index in [2.05, 4.69) is 5.32 Å². The van der Waals surface area contributed by atoms with E-state index < -0.39 is 34.3 Å². The molecule has 3 rings (SSSR count). The van der Waals surface area contributed by atoms with E-state index in [0.717, 1.165) is 15.9 Å². The molecule has 0 aliphatic heterocycles. The lowest BCUT2D eigenvalue weighted by Gasteiger charge is -2.33. The minimum atomic E-state index is -4.35. The Morgan fingerprint density at radius 1 is 1.00 bits per heavy atom. The van der Waals surface area contributed by atoms with Crippen molar-refractivity contribution in [2.75, 3.05) is 24.5 Å². The van der Waals surface area contributed by atoms with Crippen LogP contribution in [-0.4, -0.2) is 51.4 Å². The predicted molar refractivity (Wildman–Crippen MR) is 153 cm³/mol. The third-order valence-corrected chi connectivity index (χ3v) is 8.21. The Morgan fingerprint density at radius 2 is 1.70 bits per heavy atom. The van der Waals surface area contributed by atoms with Gasteiger partial charge in [0, 0.05) is 13.1 Å². The van der Waals surface area contributed by atoms with Gasteiger partial charge in [-0.3, -0.25) is 13.9 Å². The summed E-state index contributed by atoms with van der Waals surface area (Å²) in [6.07, 6.45) is 0.998. The minimum absolute atomic E-state index is 0.0176. The second-order valence-electron chi connectivity index (χ2n) is 9.36. The van der Waals surface area contributed by atoms with Crippen molar-refractivity contribution in [1.29, 1.82) is 0 Å². The summed E-state index contributed by atoms with van der Waals surface area (Å²) < 4.78 is 48.7. The summed E-state index contributed by atoms with van der Waals surface area (Å²) in [5.74, 6) is -1.22. The second-order valence-corrected chi connectivity index (χ2v) is 11.2. The van der Waals surface area contributed by atoms with E-state index >= 15 is 4.39 Å². The van der Waals surface area contributed by atoms with E-state index in [9.17, 15) is 18.0 Å². The number of hydrogen-bond acceptors (Lipinski definition) is 5. The molecule has 0 bridgehead atoms. The maximum absolute atomic E-state index is 15.0. The number of rotatable bonds is 13. The van der Waals surface area contributed by atoms with Gasteiger partial charge in [-0.2, -0.15) is 0 Å². The van der Waals surface area contributed by atoms with Crippen LogP contribution in [0.4, 0.5) is 10.1 Å². The molecule has 2 amide bonds. The Kier molecular flexibility index (Phi) is 10.7. The fraction of sp³-hybridized carbons (Fsp3) is 0.333. The highest BCUT2D eigenvalue weighted by molar-refractivity contribution is 7.92. The van der Waals surface area contributed by atoms with Crippen LogP contribution in [0.1, 0.15) is 37.8 Å². The average Bonchev–Trinajstić information content (AvgIpc) is 2.95. The summed E-state index contributed by atoms with van der Waals surface area (Å²) in [5.41, 5.74) is 1.27. The van der Waals surface area contributed by atoms with Crippen LogP contribution in [0.5, 0.6) is 5.75 Å². The van der Waals surface area contributed by atoms with Crippen LogP contribution in [0, 0.1) is 12.7 Å². The standard InChI is InChI=1S/C30H36FN3O5S/c1-5-18-32-30(36)27(6-2)33(20-23-10-9-11-24(19-23)39-4)29(35)21-34(28-13-8-7-12-26(28)31)40(37,38)25-16-14-22(3)15-17-25/h7-17,19,27H,5-6,18,20-21H2,1-4H3,(H,32,36)/t27-/m1/s1. The van der Waals surface area contributed by atoms with Gasteiger partial charge in [0.05, 0.1) is 17.7 Å². The molecule has 0 aliphatic rings. The van der Waals surface area contributed by atoms with Crippen LogP contribution in [0.15, 0.2) is 77.7 Å². The second kappa shape index (κ2) is 13.9. The van der Waals surface area contributed by atoms with E-state index in [4.69, 9.17) is 4.74 Å². The fourth-order valence-corrected chi connectivity index (χ4v) is 5.68. The normalized spacial score (nSPS) is 11.9. The molecule has 0 saturated carbocycles. The van der Waals surface area contributed by atoms with Crippen molar-refractivity contribution in [3.8, 4) is 5.75 Å². The van der Waals surface area contributed by atoms with Crippen molar-refractivity contribution in [3.05, 3.63) is 89.7 Å². The molecule has 214 valence electrons. The van der Waals surface area contributed by atoms with Crippen molar-refractivity contribution in [2.45, 2.75) is 51.1 Å². The topological polar surface area (TPSA) is 96.0 Å². The average molecular weight is 570 g/mol. The van der Waals surface area contributed by atoms with Crippen molar-refractivity contribution in [3.63, 3.8) is 0 Å². The largest absolute Gasteiger partial charge is 0.497 e. The number of halogens is 1. The van der Waals surface area contributed by atoms with Gasteiger partial charge in [0.15, 0.2) is 0 Å². The van der Waals surface area contributed by atoms with Gasteiger partial charge in [0.25, 0.3) is 10.0 Å².